The third-order valence-electron chi connectivity index (χ3n) is 3.58. The number of rotatable bonds is 4. The van der Waals surface area contributed by atoms with Crippen molar-refractivity contribution in [2.24, 2.45) is 0 Å². The molecule has 1 aromatic carbocycles. The highest BCUT2D eigenvalue weighted by Crippen LogP contribution is 2.32. The molecule has 1 atom stereocenters. The fraction of sp³-hybridized carbons (Fsp3) is 0.562. The Morgan fingerprint density at radius 1 is 1.40 bits per heavy atom. The lowest BCUT2D eigenvalue weighted by Crippen LogP contribution is -2.37. The molecule has 1 aromatic rings. The molecular weight excluding hydrogens is 254 g/mol. The number of carbonyl (C=O) groups is 1. The van der Waals surface area contributed by atoms with Crippen LogP contribution in [0.15, 0.2) is 18.2 Å². The standard InChI is InChI=1S/C16H23NO3/c1-11(18)14(17(4)5)9-12-6-7-15-13(8-12)10-19-16(2,3)20-15/h6-8,14H,9-10H2,1-5H3/t14-/m0/s1. The zero-order chi connectivity index (χ0) is 14.9. The monoisotopic (exact) mass is 277 g/mol. The number of ether oxygens (including phenoxy) is 2. The van der Waals surface area contributed by atoms with Crippen LogP contribution in [-0.2, 0) is 22.6 Å². The number of likely N-dealkylation sites (N-methyl/N-ethyl adjacent to an activating group) is 1. The molecule has 1 aliphatic rings. The number of nitrogens with zero attached hydrogens (tertiary/aromatic N) is 1. The maximum absolute atomic E-state index is 11.7. The smallest absolute Gasteiger partial charge is 0.205 e. The Morgan fingerprint density at radius 3 is 2.70 bits per heavy atom. The van der Waals surface area contributed by atoms with E-state index in [2.05, 4.69) is 6.07 Å². The second-order valence-corrected chi connectivity index (χ2v) is 6.03. The predicted octanol–water partition coefficient (Wildman–Crippen LogP) is 2.39. The van der Waals surface area contributed by atoms with Gasteiger partial charge in [0.25, 0.3) is 0 Å². The molecule has 0 saturated carbocycles. The minimum atomic E-state index is -0.569. The summed E-state index contributed by atoms with van der Waals surface area (Å²) in [4.78, 5) is 13.6. The molecule has 0 radical (unpaired) electrons. The molecule has 4 heteroatoms. The molecule has 1 heterocycles. The van der Waals surface area contributed by atoms with E-state index in [1.807, 2.05) is 45.0 Å². The molecule has 110 valence electrons. The molecule has 0 aromatic heterocycles. The zero-order valence-corrected chi connectivity index (χ0v) is 12.9. The summed E-state index contributed by atoms with van der Waals surface area (Å²) in [6, 6.07) is 5.99. The summed E-state index contributed by atoms with van der Waals surface area (Å²) in [7, 11) is 3.86. The lowest BCUT2D eigenvalue weighted by molar-refractivity contribution is -0.180. The largest absolute Gasteiger partial charge is 0.463 e. The highest BCUT2D eigenvalue weighted by molar-refractivity contribution is 5.81. The first-order chi connectivity index (χ1) is 9.28. The van der Waals surface area contributed by atoms with E-state index in [9.17, 15) is 4.79 Å². The molecule has 1 aliphatic heterocycles. The molecule has 0 N–H and O–H groups in total. The number of fused-ring (bicyclic) bond motifs is 1. The fourth-order valence-corrected chi connectivity index (χ4v) is 2.43. The van der Waals surface area contributed by atoms with E-state index in [-0.39, 0.29) is 11.8 Å². The van der Waals surface area contributed by atoms with Crippen LogP contribution in [0.1, 0.15) is 31.9 Å². The van der Waals surface area contributed by atoms with Crippen LogP contribution in [0.2, 0.25) is 0 Å². The molecule has 0 amide bonds. The van der Waals surface area contributed by atoms with Crippen molar-refractivity contribution >= 4 is 5.78 Å². The summed E-state index contributed by atoms with van der Waals surface area (Å²) in [5.41, 5.74) is 2.17. The zero-order valence-electron chi connectivity index (χ0n) is 12.9. The maximum atomic E-state index is 11.7. The predicted molar refractivity (Wildman–Crippen MR) is 77.8 cm³/mol. The van der Waals surface area contributed by atoms with Crippen LogP contribution in [0.4, 0.5) is 0 Å². The van der Waals surface area contributed by atoms with E-state index >= 15 is 0 Å². The van der Waals surface area contributed by atoms with Gasteiger partial charge in [0.05, 0.1) is 12.6 Å². The van der Waals surface area contributed by atoms with Crippen LogP contribution in [-0.4, -0.2) is 36.6 Å². The van der Waals surface area contributed by atoms with Gasteiger partial charge in [-0.05, 0) is 45.1 Å². The van der Waals surface area contributed by atoms with Gasteiger partial charge in [0.1, 0.15) is 11.5 Å². The van der Waals surface area contributed by atoms with Crippen LogP contribution in [0.25, 0.3) is 0 Å². The second kappa shape index (κ2) is 5.54. The van der Waals surface area contributed by atoms with Crippen LogP contribution in [0.5, 0.6) is 5.75 Å². The van der Waals surface area contributed by atoms with Crippen molar-refractivity contribution < 1.29 is 14.3 Å². The fourth-order valence-electron chi connectivity index (χ4n) is 2.43. The van der Waals surface area contributed by atoms with Gasteiger partial charge in [-0.2, -0.15) is 0 Å². The Hall–Kier alpha value is -1.39. The normalized spacial score (nSPS) is 18.3. The van der Waals surface area contributed by atoms with Crippen molar-refractivity contribution in [1.82, 2.24) is 4.90 Å². The average molecular weight is 277 g/mol. The van der Waals surface area contributed by atoms with E-state index < -0.39 is 5.79 Å². The van der Waals surface area contributed by atoms with Gasteiger partial charge in [-0.25, -0.2) is 0 Å². The summed E-state index contributed by atoms with van der Waals surface area (Å²) in [6.07, 6.45) is 0.707. The van der Waals surface area contributed by atoms with Crippen molar-refractivity contribution in [2.45, 2.75) is 45.6 Å². The van der Waals surface area contributed by atoms with Crippen molar-refractivity contribution in [3.8, 4) is 5.75 Å². The first-order valence-electron chi connectivity index (χ1n) is 6.90. The van der Waals surface area contributed by atoms with Gasteiger partial charge in [-0.3, -0.25) is 9.69 Å². The molecular formula is C16H23NO3. The van der Waals surface area contributed by atoms with Crippen LogP contribution < -0.4 is 4.74 Å². The van der Waals surface area contributed by atoms with Gasteiger partial charge in [0, 0.05) is 19.4 Å². The summed E-state index contributed by atoms with van der Waals surface area (Å²) < 4.78 is 11.4. The average Bonchev–Trinajstić information content (AvgIpc) is 2.34. The highest BCUT2D eigenvalue weighted by atomic mass is 16.7. The number of benzene rings is 1. The summed E-state index contributed by atoms with van der Waals surface area (Å²) in [5, 5.41) is 0. The van der Waals surface area contributed by atoms with Crippen molar-refractivity contribution in [3.63, 3.8) is 0 Å². The van der Waals surface area contributed by atoms with Crippen molar-refractivity contribution in [1.29, 1.82) is 0 Å². The van der Waals surface area contributed by atoms with Gasteiger partial charge in [-0.1, -0.05) is 6.07 Å². The first kappa shape index (κ1) is 15.0. The minimum absolute atomic E-state index is 0.0880. The van der Waals surface area contributed by atoms with E-state index in [1.165, 1.54) is 0 Å². The summed E-state index contributed by atoms with van der Waals surface area (Å²) in [6.45, 7) is 5.99. The molecule has 4 nitrogen and oxygen atoms in total. The van der Waals surface area contributed by atoms with E-state index in [0.717, 1.165) is 16.9 Å². The molecule has 2 rings (SSSR count). The Bertz CT molecular complexity index is 508. The topological polar surface area (TPSA) is 38.8 Å². The number of Topliss-reactive ketones (excluding diaryl/α,β-unsaturated/α-hetero) is 1. The van der Waals surface area contributed by atoms with Gasteiger partial charge in [-0.15, -0.1) is 0 Å². The summed E-state index contributed by atoms with van der Waals surface area (Å²) in [5.74, 6) is 0.482. The quantitative estimate of drug-likeness (QED) is 0.847. The van der Waals surface area contributed by atoms with Gasteiger partial charge >= 0.3 is 0 Å². The van der Waals surface area contributed by atoms with E-state index in [1.54, 1.807) is 6.92 Å². The second-order valence-electron chi connectivity index (χ2n) is 6.03. The molecule has 0 unspecified atom stereocenters. The van der Waals surface area contributed by atoms with Gasteiger partial charge in [0.15, 0.2) is 0 Å². The summed E-state index contributed by atoms with van der Waals surface area (Å²) >= 11 is 0. The highest BCUT2D eigenvalue weighted by Gasteiger charge is 2.27. The Balaban J connectivity index is 2.18. The Morgan fingerprint density at radius 2 is 2.10 bits per heavy atom. The van der Waals surface area contributed by atoms with E-state index in [4.69, 9.17) is 9.47 Å². The minimum Gasteiger partial charge on any atom is -0.463 e. The van der Waals surface area contributed by atoms with Crippen LogP contribution >= 0.6 is 0 Å². The third kappa shape index (κ3) is 3.38. The van der Waals surface area contributed by atoms with Gasteiger partial charge in [0.2, 0.25) is 5.79 Å². The molecule has 0 saturated heterocycles. The number of hydrogen-bond acceptors (Lipinski definition) is 4. The molecule has 0 bridgehead atoms. The maximum Gasteiger partial charge on any atom is 0.205 e. The van der Waals surface area contributed by atoms with E-state index in [0.29, 0.717) is 13.0 Å². The Labute approximate surface area is 120 Å². The SMILES string of the molecule is CC(=O)[C@H](Cc1ccc2c(c1)COC(C)(C)O2)N(C)C. The first-order valence-corrected chi connectivity index (χ1v) is 6.90. The number of carbonyl (C=O) groups excluding carboxylic acids is 1. The van der Waals surface area contributed by atoms with Crippen LogP contribution in [0, 0.1) is 0 Å². The third-order valence-corrected chi connectivity index (χ3v) is 3.58. The number of ketones is 1. The van der Waals surface area contributed by atoms with Crippen molar-refractivity contribution in [3.05, 3.63) is 29.3 Å². The molecule has 20 heavy (non-hydrogen) atoms. The molecule has 0 fully saturated rings. The molecule has 0 spiro atoms. The molecule has 0 aliphatic carbocycles. The lowest BCUT2D eigenvalue weighted by atomic mass is 9.99. The van der Waals surface area contributed by atoms with Crippen molar-refractivity contribution in [2.75, 3.05) is 14.1 Å². The number of hydrogen-bond donors (Lipinski definition) is 0. The lowest BCUT2D eigenvalue weighted by Gasteiger charge is -2.33. The van der Waals surface area contributed by atoms with Crippen LogP contribution in [0.3, 0.4) is 0 Å². The van der Waals surface area contributed by atoms with Gasteiger partial charge < -0.3 is 9.47 Å². The Kier molecular flexibility index (Phi) is 4.16.